The van der Waals surface area contributed by atoms with Crippen LogP contribution in [0.3, 0.4) is 0 Å². The van der Waals surface area contributed by atoms with E-state index in [4.69, 9.17) is 9.47 Å². The summed E-state index contributed by atoms with van der Waals surface area (Å²) in [4.78, 5) is 24.1. The fraction of sp³-hybridized carbons (Fsp3) is 0.667. The fourth-order valence-corrected chi connectivity index (χ4v) is 3.00. The highest BCUT2D eigenvalue weighted by Crippen LogP contribution is 2.10. The largest absolute Gasteiger partial charge is 0.462 e. The van der Waals surface area contributed by atoms with E-state index < -0.39 is 0 Å². The number of esters is 2. The van der Waals surface area contributed by atoms with Crippen LogP contribution >= 0.6 is 0 Å². The Bertz CT molecular complexity index is 490. The van der Waals surface area contributed by atoms with Crippen LogP contribution in [-0.2, 0) is 9.47 Å². The molecule has 0 amide bonds. The second-order valence-electron chi connectivity index (χ2n) is 7.38. The molecule has 0 radical (unpaired) electrons. The highest BCUT2D eigenvalue weighted by molar-refractivity contribution is 5.93. The average molecular weight is 409 g/mol. The SMILES string of the molecule is CCCCCCCCOC(=O)c1ccc(C(=O)OCCCCCCCC)cc1.O. The molecule has 1 rings (SSSR count). The van der Waals surface area contributed by atoms with Gasteiger partial charge < -0.3 is 14.9 Å². The quantitative estimate of drug-likeness (QED) is 0.252. The summed E-state index contributed by atoms with van der Waals surface area (Å²) in [5, 5.41) is 0. The van der Waals surface area contributed by atoms with Gasteiger partial charge in [-0.3, -0.25) is 0 Å². The van der Waals surface area contributed by atoms with Gasteiger partial charge in [-0.2, -0.15) is 0 Å². The molecular weight excluding hydrogens is 368 g/mol. The number of carbonyl (C=O) groups is 2. The van der Waals surface area contributed by atoms with Crippen molar-refractivity contribution in [2.45, 2.75) is 90.9 Å². The molecule has 0 aliphatic heterocycles. The van der Waals surface area contributed by atoms with Crippen molar-refractivity contribution in [2.75, 3.05) is 13.2 Å². The molecule has 1 aromatic rings. The van der Waals surface area contributed by atoms with E-state index in [1.54, 1.807) is 24.3 Å². The average Bonchev–Trinajstić information content (AvgIpc) is 2.72. The third-order valence-corrected chi connectivity index (χ3v) is 4.82. The lowest BCUT2D eigenvalue weighted by molar-refractivity contribution is 0.0483. The Morgan fingerprint density at radius 2 is 0.897 bits per heavy atom. The lowest BCUT2D eigenvalue weighted by Gasteiger charge is -2.07. The van der Waals surface area contributed by atoms with Crippen molar-refractivity contribution < 1.29 is 24.5 Å². The number of hydrogen-bond acceptors (Lipinski definition) is 4. The molecule has 1 aromatic carbocycles. The molecule has 0 aliphatic rings. The third-order valence-electron chi connectivity index (χ3n) is 4.82. The highest BCUT2D eigenvalue weighted by atomic mass is 16.5. The molecule has 0 saturated heterocycles. The first-order valence-electron chi connectivity index (χ1n) is 11.1. The summed E-state index contributed by atoms with van der Waals surface area (Å²) >= 11 is 0. The Labute approximate surface area is 176 Å². The molecular formula is C24H40O5. The van der Waals surface area contributed by atoms with Crippen LogP contribution in [0.5, 0.6) is 0 Å². The van der Waals surface area contributed by atoms with Gasteiger partial charge in [0.1, 0.15) is 0 Å². The molecule has 0 saturated carbocycles. The highest BCUT2D eigenvalue weighted by Gasteiger charge is 2.10. The van der Waals surface area contributed by atoms with E-state index in [9.17, 15) is 9.59 Å². The summed E-state index contributed by atoms with van der Waals surface area (Å²) in [7, 11) is 0. The number of hydrogen-bond donors (Lipinski definition) is 0. The van der Waals surface area contributed by atoms with Crippen LogP contribution in [0.25, 0.3) is 0 Å². The second-order valence-corrected chi connectivity index (χ2v) is 7.38. The van der Waals surface area contributed by atoms with E-state index in [1.165, 1.54) is 51.4 Å². The van der Waals surface area contributed by atoms with Crippen LogP contribution in [0, 0.1) is 0 Å². The minimum Gasteiger partial charge on any atom is -0.462 e. The van der Waals surface area contributed by atoms with Gasteiger partial charge in [0, 0.05) is 0 Å². The maximum Gasteiger partial charge on any atom is 0.338 e. The van der Waals surface area contributed by atoms with E-state index in [-0.39, 0.29) is 17.4 Å². The summed E-state index contributed by atoms with van der Waals surface area (Å²) in [6.07, 6.45) is 13.9. The van der Waals surface area contributed by atoms with Crippen LogP contribution in [0.15, 0.2) is 24.3 Å². The fourth-order valence-electron chi connectivity index (χ4n) is 3.00. The number of rotatable bonds is 16. The van der Waals surface area contributed by atoms with Crippen molar-refractivity contribution >= 4 is 11.9 Å². The number of unbranched alkanes of at least 4 members (excludes halogenated alkanes) is 10. The predicted molar refractivity (Wildman–Crippen MR) is 117 cm³/mol. The van der Waals surface area contributed by atoms with Crippen molar-refractivity contribution in [3.63, 3.8) is 0 Å². The number of ether oxygens (including phenoxy) is 2. The summed E-state index contributed by atoms with van der Waals surface area (Å²) in [6.45, 7) is 5.30. The Hall–Kier alpha value is -1.88. The monoisotopic (exact) mass is 408 g/mol. The molecule has 0 bridgehead atoms. The third kappa shape index (κ3) is 13.1. The zero-order chi connectivity index (χ0) is 20.5. The molecule has 0 aromatic heterocycles. The van der Waals surface area contributed by atoms with Crippen molar-refractivity contribution in [3.05, 3.63) is 35.4 Å². The Balaban J connectivity index is 0.00000784. The van der Waals surface area contributed by atoms with Crippen LogP contribution < -0.4 is 0 Å². The van der Waals surface area contributed by atoms with Gasteiger partial charge in [-0.05, 0) is 37.1 Å². The summed E-state index contributed by atoms with van der Waals surface area (Å²) in [5.41, 5.74) is 0.942. The number of carbonyl (C=O) groups excluding carboxylic acids is 2. The minimum absolute atomic E-state index is 0. The Morgan fingerprint density at radius 3 is 1.24 bits per heavy atom. The molecule has 166 valence electrons. The molecule has 5 nitrogen and oxygen atoms in total. The summed E-state index contributed by atoms with van der Waals surface area (Å²) in [6, 6.07) is 6.52. The Morgan fingerprint density at radius 1 is 0.586 bits per heavy atom. The summed E-state index contributed by atoms with van der Waals surface area (Å²) < 4.78 is 10.6. The standard InChI is InChI=1S/C24H38O4.H2O/c1-3-5-7-9-11-13-19-27-23(25)21-15-17-22(18-16-21)24(26)28-20-14-12-10-8-6-4-2;/h15-18H,3-14,19-20H2,1-2H3;1H2. The molecule has 29 heavy (non-hydrogen) atoms. The van der Waals surface area contributed by atoms with Crippen molar-refractivity contribution in [1.82, 2.24) is 0 Å². The molecule has 0 unspecified atom stereocenters. The smallest absolute Gasteiger partial charge is 0.338 e. The second kappa shape index (κ2) is 18.2. The number of benzene rings is 1. The maximum absolute atomic E-state index is 12.0. The van der Waals surface area contributed by atoms with Crippen molar-refractivity contribution in [2.24, 2.45) is 0 Å². The molecule has 0 heterocycles. The van der Waals surface area contributed by atoms with Gasteiger partial charge in [-0.15, -0.1) is 0 Å². The zero-order valence-electron chi connectivity index (χ0n) is 18.3. The summed E-state index contributed by atoms with van der Waals surface area (Å²) in [5.74, 6) is -0.666. The lowest BCUT2D eigenvalue weighted by Crippen LogP contribution is -2.09. The van der Waals surface area contributed by atoms with Crippen LogP contribution in [0.4, 0.5) is 0 Å². The van der Waals surface area contributed by atoms with Gasteiger partial charge in [0.05, 0.1) is 24.3 Å². The van der Waals surface area contributed by atoms with Gasteiger partial charge in [-0.1, -0.05) is 78.1 Å². The van der Waals surface area contributed by atoms with E-state index in [1.807, 2.05) is 0 Å². The molecule has 0 fully saturated rings. The van der Waals surface area contributed by atoms with Gasteiger partial charge in [0.2, 0.25) is 0 Å². The molecule has 0 atom stereocenters. The van der Waals surface area contributed by atoms with Gasteiger partial charge in [0.25, 0.3) is 0 Å². The normalized spacial score (nSPS) is 10.3. The lowest BCUT2D eigenvalue weighted by atomic mass is 10.1. The van der Waals surface area contributed by atoms with Crippen LogP contribution in [0.2, 0.25) is 0 Å². The van der Waals surface area contributed by atoms with E-state index >= 15 is 0 Å². The predicted octanol–water partition coefficient (Wildman–Crippen LogP) is 5.90. The van der Waals surface area contributed by atoms with E-state index in [0.29, 0.717) is 24.3 Å². The van der Waals surface area contributed by atoms with Gasteiger partial charge >= 0.3 is 11.9 Å². The Kier molecular flexibility index (Phi) is 17.0. The first-order valence-corrected chi connectivity index (χ1v) is 11.1. The van der Waals surface area contributed by atoms with E-state index in [2.05, 4.69) is 13.8 Å². The minimum atomic E-state index is -0.333. The van der Waals surface area contributed by atoms with Gasteiger partial charge in [-0.25, -0.2) is 9.59 Å². The maximum atomic E-state index is 12.0. The van der Waals surface area contributed by atoms with Crippen LogP contribution in [0.1, 0.15) is 112 Å². The molecule has 0 spiro atoms. The van der Waals surface area contributed by atoms with Crippen LogP contribution in [-0.4, -0.2) is 30.6 Å². The molecule has 5 heteroatoms. The van der Waals surface area contributed by atoms with Gasteiger partial charge in [0.15, 0.2) is 0 Å². The van der Waals surface area contributed by atoms with Crippen molar-refractivity contribution in [1.29, 1.82) is 0 Å². The zero-order valence-corrected chi connectivity index (χ0v) is 18.3. The molecule has 0 aliphatic carbocycles. The van der Waals surface area contributed by atoms with E-state index in [0.717, 1.165) is 25.7 Å². The van der Waals surface area contributed by atoms with Crippen molar-refractivity contribution in [3.8, 4) is 0 Å². The molecule has 2 N–H and O–H groups in total. The topological polar surface area (TPSA) is 84.1 Å². The first kappa shape index (κ1) is 27.1. The first-order chi connectivity index (χ1) is 13.7.